The predicted molar refractivity (Wildman–Crippen MR) is 66.8 cm³/mol. The van der Waals surface area contributed by atoms with Crippen LogP contribution in [0.5, 0.6) is 0 Å². The molecule has 20 heavy (non-hydrogen) atoms. The Hall–Kier alpha value is -1.64. The molecule has 0 saturated carbocycles. The predicted octanol–water partition coefficient (Wildman–Crippen LogP) is 1.50. The number of hydrogen-bond donors (Lipinski definition) is 1. The second-order valence-corrected chi connectivity index (χ2v) is 4.55. The number of carbonyl (C=O) groups is 2. The molecular weight excluding hydrogens is 272 g/mol. The third-order valence-electron chi connectivity index (χ3n) is 1.53. The van der Waals surface area contributed by atoms with Gasteiger partial charge in [0.15, 0.2) is 0 Å². The van der Waals surface area contributed by atoms with Crippen molar-refractivity contribution in [3.05, 3.63) is 12.7 Å². The van der Waals surface area contributed by atoms with E-state index < -0.39 is 24.0 Å². The fraction of sp³-hybridized carbons (Fsp3) is 0.667. The van der Waals surface area contributed by atoms with Crippen molar-refractivity contribution < 1.29 is 38.7 Å². The highest BCUT2D eigenvalue weighted by Crippen LogP contribution is 2.10. The summed E-state index contributed by atoms with van der Waals surface area (Å²) in [5, 5.41) is 8.24. The second kappa shape index (κ2) is 9.29. The Bertz CT molecular complexity index is 320. The summed E-state index contributed by atoms with van der Waals surface area (Å²) in [7, 11) is 0. The van der Waals surface area contributed by atoms with Crippen LogP contribution in [0.3, 0.4) is 0 Å². The number of rotatable bonds is 9. The van der Waals surface area contributed by atoms with Crippen LogP contribution in [0.1, 0.15) is 20.8 Å². The van der Waals surface area contributed by atoms with Gasteiger partial charge in [0.05, 0.1) is 12.2 Å². The Kier molecular flexibility index (Phi) is 8.53. The van der Waals surface area contributed by atoms with E-state index in [1.54, 1.807) is 20.8 Å². The summed E-state index contributed by atoms with van der Waals surface area (Å²) in [6, 6.07) is 0. The zero-order chi connectivity index (χ0) is 15.6. The maximum absolute atomic E-state index is 11.1. The van der Waals surface area contributed by atoms with Gasteiger partial charge in [0, 0.05) is 6.08 Å². The zero-order valence-electron chi connectivity index (χ0n) is 11.8. The summed E-state index contributed by atoms with van der Waals surface area (Å²) in [5.41, 5.74) is -0.592. The van der Waals surface area contributed by atoms with Gasteiger partial charge in [-0.3, -0.25) is 0 Å². The summed E-state index contributed by atoms with van der Waals surface area (Å²) >= 11 is 0. The summed E-state index contributed by atoms with van der Waals surface area (Å²) < 4.78 is 14.1. The van der Waals surface area contributed by atoms with Gasteiger partial charge in [0.25, 0.3) is 6.29 Å². The van der Waals surface area contributed by atoms with Gasteiger partial charge in [0.2, 0.25) is 0 Å². The molecule has 0 bridgehead atoms. The molecule has 8 heteroatoms. The molecule has 0 rings (SSSR count). The van der Waals surface area contributed by atoms with E-state index in [2.05, 4.69) is 11.3 Å². The Morgan fingerprint density at radius 1 is 1.30 bits per heavy atom. The van der Waals surface area contributed by atoms with Gasteiger partial charge in [0.1, 0.15) is 13.2 Å². The highest BCUT2D eigenvalue weighted by Gasteiger charge is 2.20. The molecule has 0 aromatic rings. The molecule has 0 aromatic heterocycles. The van der Waals surface area contributed by atoms with Crippen molar-refractivity contribution in [2.75, 3.05) is 19.8 Å². The largest absolute Gasteiger partial charge is 0.505 e. The molecule has 1 N–H and O–H groups in total. The highest BCUT2D eigenvalue weighted by molar-refractivity contribution is 5.81. The van der Waals surface area contributed by atoms with Crippen molar-refractivity contribution in [1.82, 2.24) is 0 Å². The summed E-state index contributed by atoms with van der Waals surface area (Å²) in [4.78, 5) is 31.1. The van der Waals surface area contributed by atoms with Gasteiger partial charge in [-0.15, -0.1) is 0 Å². The van der Waals surface area contributed by atoms with Crippen molar-refractivity contribution in [3.63, 3.8) is 0 Å². The van der Waals surface area contributed by atoms with Crippen molar-refractivity contribution in [2.45, 2.75) is 32.7 Å². The average molecular weight is 292 g/mol. The first-order valence-electron chi connectivity index (χ1n) is 5.85. The van der Waals surface area contributed by atoms with E-state index in [0.717, 1.165) is 6.08 Å². The average Bonchev–Trinajstić information content (AvgIpc) is 2.33. The molecule has 0 aliphatic rings. The van der Waals surface area contributed by atoms with E-state index in [4.69, 9.17) is 24.4 Å². The lowest BCUT2D eigenvalue weighted by atomic mass is 10.2. The lowest BCUT2D eigenvalue weighted by Crippen LogP contribution is -2.31. The SMILES string of the molecule is C=CC(=O)OC(COCCOC(=O)O)OOC(C)(C)C. The third-order valence-corrected chi connectivity index (χ3v) is 1.53. The van der Waals surface area contributed by atoms with Crippen LogP contribution in [0.2, 0.25) is 0 Å². The maximum Gasteiger partial charge on any atom is 0.505 e. The van der Waals surface area contributed by atoms with Crippen LogP contribution >= 0.6 is 0 Å². The van der Waals surface area contributed by atoms with Gasteiger partial charge in [-0.2, -0.15) is 4.89 Å². The zero-order valence-corrected chi connectivity index (χ0v) is 11.8. The van der Waals surface area contributed by atoms with Crippen molar-refractivity contribution >= 4 is 12.1 Å². The monoisotopic (exact) mass is 292 g/mol. The molecule has 0 aromatic carbocycles. The van der Waals surface area contributed by atoms with Crippen LogP contribution in [0.4, 0.5) is 4.79 Å². The van der Waals surface area contributed by atoms with Crippen LogP contribution in [0.15, 0.2) is 12.7 Å². The van der Waals surface area contributed by atoms with E-state index in [-0.39, 0.29) is 19.8 Å². The quantitative estimate of drug-likeness (QED) is 0.170. The van der Waals surface area contributed by atoms with E-state index in [1.165, 1.54) is 0 Å². The van der Waals surface area contributed by atoms with E-state index >= 15 is 0 Å². The minimum atomic E-state index is -1.39. The molecule has 0 aliphatic carbocycles. The first kappa shape index (κ1) is 18.4. The standard InChI is InChI=1S/C12H20O8/c1-5-9(13)18-10(19-20-12(2,3)4)8-16-6-7-17-11(14)15/h5,10H,1,6-8H2,2-4H3,(H,14,15). The minimum absolute atomic E-state index is 0.00663. The normalized spacial score (nSPS) is 12.6. The van der Waals surface area contributed by atoms with Crippen LogP contribution in [-0.4, -0.2) is 48.9 Å². The maximum atomic E-state index is 11.1. The van der Waals surface area contributed by atoms with Crippen molar-refractivity contribution in [2.24, 2.45) is 0 Å². The van der Waals surface area contributed by atoms with Gasteiger partial charge in [-0.1, -0.05) is 6.58 Å². The summed E-state index contributed by atoms with van der Waals surface area (Å²) in [6.45, 7) is 8.22. The fourth-order valence-corrected chi connectivity index (χ4v) is 0.825. The fourth-order valence-electron chi connectivity index (χ4n) is 0.825. The Morgan fingerprint density at radius 3 is 2.45 bits per heavy atom. The molecule has 0 spiro atoms. The van der Waals surface area contributed by atoms with Crippen LogP contribution in [0.25, 0.3) is 0 Å². The molecule has 8 nitrogen and oxygen atoms in total. The topological polar surface area (TPSA) is 101 Å². The van der Waals surface area contributed by atoms with Gasteiger partial charge >= 0.3 is 12.1 Å². The molecular formula is C12H20O8. The lowest BCUT2D eigenvalue weighted by Gasteiger charge is -2.22. The second-order valence-electron chi connectivity index (χ2n) is 4.55. The smallest absolute Gasteiger partial charge is 0.450 e. The van der Waals surface area contributed by atoms with Gasteiger partial charge in [-0.25, -0.2) is 14.5 Å². The lowest BCUT2D eigenvalue weighted by molar-refractivity contribution is -0.413. The Balaban J connectivity index is 4.07. The number of ether oxygens (including phenoxy) is 3. The molecule has 1 atom stereocenters. The number of carboxylic acid groups (broad SMARTS) is 1. The minimum Gasteiger partial charge on any atom is -0.450 e. The van der Waals surface area contributed by atoms with Crippen LogP contribution in [0, 0.1) is 0 Å². The molecule has 0 saturated heterocycles. The Morgan fingerprint density at radius 2 is 1.95 bits per heavy atom. The third kappa shape index (κ3) is 11.5. The van der Waals surface area contributed by atoms with Crippen LogP contribution in [-0.2, 0) is 28.8 Å². The molecule has 116 valence electrons. The number of hydrogen-bond acceptors (Lipinski definition) is 7. The van der Waals surface area contributed by atoms with Crippen molar-refractivity contribution in [3.8, 4) is 0 Å². The molecule has 0 radical (unpaired) electrons. The number of esters is 1. The van der Waals surface area contributed by atoms with E-state index in [9.17, 15) is 9.59 Å². The van der Waals surface area contributed by atoms with Crippen molar-refractivity contribution in [1.29, 1.82) is 0 Å². The molecule has 0 aliphatic heterocycles. The molecule has 1 unspecified atom stereocenters. The van der Waals surface area contributed by atoms with E-state index in [1.807, 2.05) is 0 Å². The first-order chi connectivity index (χ1) is 9.24. The molecule has 0 heterocycles. The van der Waals surface area contributed by atoms with Gasteiger partial charge < -0.3 is 19.3 Å². The molecule has 0 fully saturated rings. The van der Waals surface area contributed by atoms with E-state index in [0.29, 0.717) is 0 Å². The first-order valence-corrected chi connectivity index (χ1v) is 5.85. The van der Waals surface area contributed by atoms with Crippen LogP contribution < -0.4 is 0 Å². The van der Waals surface area contributed by atoms with Gasteiger partial charge in [-0.05, 0) is 20.8 Å². The summed E-state index contributed by atoms with van der Waals surface area (Å²) in [6.07, 6.45) is -1.51. The molecule has 0 amide bonds. The Labute approximate surface area is 117 Å². The summed E-state index contributed by atoms with van der Waals surface area (Å²) in [5.74, 6) is -0.696. The number of carbonyl (C=O) groups excluding carboxylic acids is 1. The highest BCUT2D eigenvalue weighted by atomic mass is 17.2.